The van der Waals surface area contributed by atoms with E-state index in [1.165, 1.54) is 13.8 Å². The Morgan fingerprint density at radius 2 is 1.71 bits per heavy atom. The molecule has 0 rings (SSSR count). The molecule has 0 saturated heterocycles. The van der Waals surface area contributed by atoms with Crippen LogP contribution in [-0.2, 0) is 18.4 Å². The van der Waals surface area contributed by atoms with Crippen LogP contribution in [0.2, 0.25) is 0 Å². The van der Waals surface area contributed by atoms with Crippen LogP contribution in [0.25, 0.3) is 0 Å². The Bertz CT molecular complexity index is 244. The molecule has 0 heterocycles. The van der Waals surface area contributed by atoms with Crippen molar-refractivity contribution >= 4 is 21.2 Å². The van der Waals surface area contributed by atoms with Gasteiger partial charge in [-0.15, -0.1) is 6.58 Å². The summed E-state index contributed by atoms with van der Waals surface area (Å²) in [6.07, 6.45) is 2.10. The molecule has 0 aliphatic rings. The van der Waals surface area contributed by atoms with Crippen LogP contribution in [-0.4, -0.2) is 21.2 Å². The monoisotopic (exact) mass is 214 g/mol. The number of hydrogen-bond donors (Lipinski definition) is 0. The lowest BCUT2D eigenvalue weighted by Crippen LogP contribution is -2.29. The van der Waals surface area contributed by atoms with Crippen LogP contribution in [0.4, 0.5) is 0 Å². The molecule has 0 bridgehead atoms. The second kappa shape index (κ2) is 6.15. The van der Waals surface area contributed by atoms with Crippen molar-refractivity contribution in [2.45, 2.75) is 20.3 Å². The van der Waals surface area contributed by atoms with Crippen molar-refractivity contribution in [3.05, 3.63) is 24.4 Å². The Labute approximate surface area is 85.1 Å². The molecule has 0 aromatic carbocycles. The van der Waals surface area contributed by atoms with E-state index in [4.69, 9.17) is 8.85 Å². The number of allylic oxidation sites excluding steroid dienone is 2. The molecule has 0 radical (unpaired) electrons. The molecule has 0 aliphatic carbocycles. The number of hydrogen-bond acceptors (Lipinski definition) is 4. The first-order chi connectivity index (χ1) is 6.47. The normalized spacial score (nSPS) is 9.36. The second-order valence-corrected chi connectivity index (χ2v) is 4.65. The molecule has 4 nitrogen and oxygen atoms in total. The summed E-state index contributed by atoms with van der Waals surface area (Å²) in [5, 5.41) is 0.616. The third-order valence-electron chi connectivity index (χ3n) is 1.29. The van der Waals surface area contributed by atoms with Crippen molar-refractivity contribution in [2.24, 2.45) is 0 Å². The molecule has 5 heteroatoms. The molecular formula is C9H14O4Si. The zero-order valence-electron chi connectivity index (χ0n) is 8.41. The zero-order valence-corrected chi connectivity index (χ0v) is 9.56. The molecule has 0 saturated carbocycles. The van der Waals surface area contributed by atoms with Gasteiger partial charge in [0.25, 0.3) is 11.9 Å². The van der Waals surface area contributed by atoms with E-state index in [2.05, 4.69) is 13.2 Å². The molecule has 0 aliphatic heterocycles. The number of carbonyl (C=O) groups excluding carboxylic acids is 2. The molecule has 0 fully saturated rings. The van der Waals surface area contributed by atoms with Gasteiger partial charge in [-0.05, 0) is 11.6 Å². The maximum absolute atomic E-state index is 10.7. The van der Waals surface area contributed by atoms with E-state index in [1.54, 1.807) is 6.08 Å². The summed E-state index contributed by atoms with van der Waals surface area (Å²) in [5.41, 5.74) is 0. The summed E-state index contributed by atoms with van der Waals surface area (Å²) in [6, 6.07) is 0. The molecule has 0 N–H and O–H groups in total. The van der Waals surface area contributed by atoms with Crippen molar-refractivity contribution < 1.29 is 18.4 Å². The van der Waals surface area contributed by atoms with Gasteiger partial charge < -0.3 is 8.85 Å². The summed E-state index contributed by atoms with van der Waals surface area (Å²) < 4.78 is 9.77. The number of rotatable bonds is 5. The maximum atomic E-state index is 10.7. The standard InChI is InChI=1S/C9H14O4Si/c1-5-6-7(2)14(12-8(3)10)13-9(4)11/h5,14H,1-2,6H2,3-4H3. The van der Waals surface area contributed by atoms with Crippen LogP contribution in [0.3, 0.4) is 0 Å². The highest BCUT2D eigenvalue weighted by Gasteiger charge is 2.22. The van der Waals surface area contributed by atoms with Crippen molar-refractivity contribution in [1.29, 1.82) is 0 Å². The largest absolute Gasteiger partial charge is 0.484 e. The van der Waals surface area contributed by atoms with Gasteiger partial charge in [-0.3, -0.25) is 9.59 Å². The van der Waals surface area contributed by atoms with Gasteiger partial charge in [0.05, 0.1) is 0 Å². The molecule has 0 aromatic rings. The molecule has 14 heavy (non-hydrogen) atoms. The lowest BCUT2D eigenvalue weighted by molar-refractivity contribution is -0.137. The third kappa shape index (κ3) is 5.31. The average Bonchev–Trinajstić information content (AvgIpc) is 2.01. The van der Waals surface area contributed by atoms with E-state index >= 15 is 0 Å². The Hall–Kier alpha value is -1.36. The Morgan fingerprint density at radius 1 is 1.29 bits per heavy atom. The second-order valence-electron chi connectivity index (χ2n) is 2.70. The van der Waals surface area contributed by atoms with Crippen LogP contribution in [0.15, 0.2) is 24.4 Å². The Balaban J connectivity index is 4.36. The quantitative estimate of drug-likeness (QED) is 0.506. The third-order valence-corrected chi connectivity index (χ3v) is 3.28. The molecular weight excluding hydrogens is 200 g/mol. The molecule has 0 aromatic heterocycles. The molecule has 0 amide bonds. The van der Waals surface area contributed by atoms with Crippen LogP contribution in [0.1, 0.15) is 20.3 Å². The van der Waals surface area contributed by atoms with E-state index in [9.17, 15) is 9.59 Å². The minimum absolute atomic E-state index is 0.465. The van der Waals surface area contributed by atoms with Crippen molar-refractivity contribution in [1.82, 2.24) is 0 Å². The van der Waals surface area contributed by atoms with E-state index < -0.39 is 21.2 Å². The lowest BCUT2D eigenvalue weighted by atomic mass is 10.4. The number of carbonyl (C=O) groups is 2. The van der Waals surface area contributed by atoms with Crippen LogP contribution >= 0.6 is 0 Å². The predicted molar refractivity (Wildman–Crippen MR) is 54.6 cm³/mol. The van der Waals surface area contributed by atoms with E-state index in [0.29, 0.717) is 11.6 Å². The summed E-state index contributed by atoms with van der Waals surface area (Å²) in [6.45, 7) is 9.75. The first-order valence-corrected chi connectivity index (χ1v) is 5.62. The first-order valence-electron chi connectivity index (χ1n) is 4.10. The van der Waals surface area contributed by atoms with E-state index in [0.717, 1.165) is 0 Å². The SMILES string of the molecule is C=CCC(=C)[SiH](OC(C)=O)OC(C)=O. The highest BCUT2D eigenvalue weighted by atomic mass is 28.3. The summed E-state index contributed by atoms with van der Waals surface area (Å²) in [7, 11) is -2.43. The lowest BCUT2D eigenvalue weighted by Gasteiger charge is -2.15. The minimum Gasteiger partial charge on any atom is -0.484 e. The van der Waals surface area contributed by atoms with Gasteiger partial charge in [0.15, 0.2) is 0 Å². The fourth-order valence-electron chi connectivity index (χ4n) is 0.774. The average molecular weight is 214 g/mol. The first kappa shape index (κ1) is 12.6. The van der Waals surface area contributed by atoms with Gasteiger partial charge in [0.1, 0.15) is 0 Å². The minimum atomic E-state index is -2.43. The van der Waals surface area contributed by atoms with Crippen LogP contribution < -0.4 is 0 Å². The smallest absolute Gasteiger partial charge is 0.478 e. The highest BCUT2D eigenvalue weighted by molar-refractivity contribution is 6.57. The Kier molecular flexibility index (Phi) is 5.55. The Morgan fingerprint density at radius 3 is 2.00 bits per heavy atom. The molecule has 0 atom stereocenters. The van der Waals surface area contributed by atoms with E-state index in [1.807, 2.05) is 0 Å². The van der Waals surface area contributed by atoms with E-state index in [-0.39, 0.29) is 0 Å². The fraction of sp³-hybridized carbons (Fsp3) is 0.333. The maximum Gasteiger partial charge on any atom is 0.478 e. The highest BCUT2D eigenvalue weighted by Crippen LogP contribution is 2.07. The van der Waals surface area contributed by atoms with Gasteiger partial charge in [0.2, 0.25) is 0 Å². The van der Waals surface area contributed by atoms with Crippen molar-refractivity contribution in [3.63, 3.8) is 0 Å². The topological polar surface area (TPSA) is 52.6 Å². The van der Waals surface area contributed by atoms with Crippen LogP contribution in [0, 0.1) is 0 Å². The van der Waals surface area contributed by atoms with Crippen molar-refractivity contribution in [2.75, 3.05) is 0 Å². The fourth-order valence-corrected chi connectivity index (χ4v) is 2.12. The summed E-state index contributed by atoms with van der Waals surface area (Å²) >= 11 is 0. The molecule has 78 valence electrons. The van der Waals surface area contributed by atoms with Gasteiger partial charge in [-0.2, -0.15) is 0 Å². The van der Waals surface area contributed by atoms with Gasteiger partial charge in [-0.1, -0.05) is 12.7 Å². The zero-order chi connectivity index (χ0) is 11.1. The summed E-state index contributed by atoms with van der Waals surface area (Å²) in [5.74, 6) is -0.929. The van der Waals surface area contributed by atoms with Gasteiger partial charge in [-0.25, -0.2) is 0 Å². The predicted octanol–water partition coefficient (Wildman–Crippen LogP) is 1.00. The summed E-state index contributed by atoms with van der Waals surface area (Å²) in [4.78, 5) is 21.4. The molecule has 0 unspecified atom stereocenters. The van der Waals surface area contributed by atoms with Crippen LogP contribution in [0.5, 0.6) is 0 Å². The van der Waals surface area contributed by atoms with Gasteiger partial charge >= 0.3 is 9.28 Å². The van der Waals surface area contributed by atoms with Crippen molar-refractivity contribution in [3.8, 4) is 0 Å². The van der Waals surface area contributed by atoms with Gasteiger partial charge in [0, 0.05) is 13.8 Å². The molecule has 0 spiro atoms.